The fraction of sp³-hybridized carbons (Fsp3) is 0.216. The maximum Gasteiger partial charge on any atom is 0.205 e. The fourth-order valence-electron chi connectivity index (χ4n) is 8.01. The number of aromatic hydroxyl groups is 1. The van der Waals surface area contributed by atoms with E-state index in [2.05, 4.69) is 19.8 Å². The molecule has 2 aromatic carbocycles. The minimum absolute atomic E-state index is 0.00599. The zero-order chi connectivity index (χ0) is 44.2. The van der Waals surface area contributed by atoms with Crippen LogP contribution < -0.4 is 5.43 Å². The third-order valence-corrected chi connectivity index (χ3v) is 11.5. The lowest BCUT2D eigenvalue weighted by molar-refractivity contribution is 0.0939. The number of nitrogens with zero attached hydrogens (tertiary/aromatic N) is 6. The van der Waals surface area contributed by atoms with Gasteiger partial charge < -0.3 is 9.52 Å². The zero-order valence-corrected chi connectivity index (χ0v) is 37.0. The summed E-state index contributed by atoms with van der Waals surface area (Å²) in [6.07, 6.45) is 3.49. The van der Waals surface area contributed by atoms with E-state index in [1.807, 2.05) is 119 Å². The number of phenols is 1. The lowest BCUT2D eigenvalue weighted by atomic mass is 9.89. The Morgan fingerprint density at radius 3 is 1.78 bits per heavy atom. The predicted molar refractivity (Wildman–Crippen MR) is 248 cm³/mol. The van der Waals surface area contributed by atoms with Crippen LogP contribution in [0.25, 0.3) is 33.4 Å². The van der Waals surface area contributed by atoms with E-state index in [9.17, 15) is 14.7 Å². The highest BCUT2D eigenvalue weighted by Crippen LogP contribution is 2.47. The predicted octanol–water partition coefficient (Wildman–Crippen LogP) is 11.0. The van der Waals surface area contributed by atoms with Gasteiger partial charge in [-0.25, -0.2) is 0 Å². The first-order valence-electron chi connectivity index (χ1n) is 20.8. The van der Waals surface area contributed by atoms with Crippen LogP contribution in [0.4, 0.5) is 0 Å². The number of carbonyl (C=O) groups excluding carboxylic acids is 1. The number of carbonyl (C=O) groups is 1. The average molecular weight is 878 g/mol. The Labute approximate surface area is 376 Å². The van der Waals surface area contributed by atoms with Crippen LogP contribution in [-0.2, 0) is 39.3 Å². The van der Waals surface area contributed by atoms with E-state index in [4.69, 9.17) is 37.6 Å². The molecule has 0 radical (unpaired) electrons. The first-order chi connectivity index (χ1) is 30.4. The van der Waals surface area contributed by atoms with Crippen molar-refractivity contribution in [1.82, 2.24) is 29.7 Å². The molecular formula is C51H46Cl2N6O4. The number of hydrogen-bond donors (Lipinski definition) is 1. The Bertz CT molecular complexity index is 2960. The summed E-state index contributed by atoms with van der Waals surface area (Å²) < 4.78 is 7.04. The summed E-state index contributed by atoms with van der Waals surface area (Å²) in [5, 5.41) is 12.7. The number of benzene rings is 3. The van der Waals surface area contributed by atoms with Crippen molar-refractivity contribution in [2.75, 3.05) is 0 Å². The van der Waals surface area contributed by atoms with Gasteiger partial charge in [0.05, 0.1) is 43.9 Å². The van der Waals surface area contributed by atoms with E-state index < -0.39 is 5.43 Å². The Morgan fingerprint density at radius 1 is 0.667 bits per heavy atom. The summed E-state index contributed by atoms with van der Waals surface area (Å²) in [4.78, 5) is 51.0. The molecule has 0 spiro atoms. The van der Waals surface area contributed by atoms with Crippen molar-refractivity contribution in [2.45, 2.75) is 67.0 Å². The Morgan fingerprint density at radius 2 is 1.22 bits per heavy atom. The topological polar surface area (TPSA) is 126 Å². The van der Waals surface area contributed by atoms with Crippen molar-refractivity contribution >= 4 is 40.0 Å². The van der Waals surface area contributed by atoms with Gasteiger partial charge in [-0.15, -0.1) is 0 Å². The monoisotopic (exact) mass is 876 g/mol. The van der Waals surface area contributed by atoms with Crippen molar-refractivity contribution in [3.8, 4) is 28.2 Å². The molecule has 0 saturated heterocycles. The second-order valence-corrected chi connectivity index (χ2v) is 17.0. The van der Waals surface area contributed by atoms with Gasteiger partial charge in [-0.2, -0.15) is 0 Å². The second kappa shape index (κ2) is 19.0. The average Bonchev–Trinajstić information content (AvgIpc) is 3.27. The molecule has 2 aliphatic rings. The van der Waals surface area contributed by atoms with Gasteiger partial charge in [-0.05, 0) is 86.1 Å². The molecule has 1 aliphatic carbocycles. The van der Waals surface area contributed by atoms with E-state index in [0.29, 0.717) is 70.5 Å². The van der Waals surface area contributed by atoms with E-state index in [0.717, 1.165) is 34.2 Å². The zero-order valence-electron chi connectivity index (χ0n) is 35.5. The van der Waals surface area contributed by atoms with Crippen molar-refractivity contribution in [1.29, 1.82) is 0 Å². The van der Waals surface area contributed by atoms with Gasteiger partial charge in [0.15, 0.2) is 5.78 Å². The molecule has 0 amide bonds. The number of rotatable bonds is 15. The minimum Gasteiger partial charge on any atom is -0.506 e. The standard InChI is InChI=1S/C51H46Cl2N6O4/c1-31(2)47(60)35-15-11-14-34(22-35)46-40-23-44(52)48(61)42(29-58(25-36-16-5-7-20-54-36)27-38-18-9-12-32(3)56-38)50(40)63-51-41(46)24-45(53)49(62)43(51)30-59(26-37-17-6-8-21-55-37)28-39-19-10-13-33(4)57-39/h5-24,31,61H,25-30H2,1-4H3. The molecule has 1 aliphatic heterocycles. The number of halogens is 2. The molecular weight excluding hydrogens is 832 g/mol. The van der Waals surface area contributed by atoms with Crippen LogP contribution in [0.15, 0.2) is 131 Å². The smallest absolute Gasteiger partial charge is 0.205 e. The number of aromatic nitrogens is 4. The number of aryl methyl sites for hydroxylation is 2. The van der Waals surface area contributed by atoms with E-state index >= 15 is 0 Å². The van der Waals surface area contributed by atoms with Gasteiger partial charge in [0.25, 0.3) is 0 Å². The number of pyridine rings is 4. The van der Waals surface area contributed by atoms with Crippen LogP contribution >= 0.6 is 23.2 Å². The molecule has 4 aromatic heterocycles. The molecule has 1 N–H and O–H groups in total. The van der Waals surface area contributed by atoms with Crippen LogP contribution in [0.1, 0.15) is 69.5 Å². The molecule has 8 rings (SSSR count). The third kappa shape index (κ3) is 9.85. The Kier molecular flexibility index (Phi) is 13.1. The van der Waals surface area contributed by atoms with Crippen LogP contribution in [0.5, 0.6) is 5.75 Å². The minimum atomic E-state index is -0.396. The lowest BCUT2D eigenvalue weighted by Gasteiger charge is -2.26. The number of fused-ring (bicyclic) bond motifs is 2. The van der Waals surface area contributed by atoms with E-state index in [1.165, 1.54) is 0 Å². The number of hydrogen-bond acceptors (Lipinski definition) is 10. The number of Topliss-reactive ketones (excluding diaryl/α,β-unsaturated/α-hetero) is 1. The maximum atomic E-state index is 14.5. The molecule has 0 atom stereocenters. The second-order valence-electron chi connectivity index (χ2n) is 16.2. The van der Waals surface area contributed by atoms with Crippen LogP contribution in [-0.4, -0.2) is 40.6 Å². The summed E-state index contributed by atoms with van der Waals surface area (Å²) in [7, 11) is 0. The number of ketones is 1. The number of phenolic OH excluding ortho intramolecular Hbond substituents is 1. The lowest BCUT2D eigenvalue weighted by Crippen LogP contribution is -2.27. The van der Waals surface area contributed by atoms with Crippen molar-refractivity contribution in [3.63, 3.8) is 0 Å². The summed E-state index contributed by atoms with van der Waals surface area (Å²) >= 11 is 13.9. The van der Waals surface area contributed by atoms with E-state index in [1.54, 1.807) is 30.6 Å². The fourth-order valence-corrected chi connectivity index (χ4v) is 8.46. The van der Waals surface area contributed by atoms with Crippen LogP contribution in [0.2, 0.25) is 10.0 Å². The van der Waals surface area contributed by atoms with Gasteiger partial charge >= 0.3 is 0 Å². The molecule has 0 unspecified atom stereocenters. The molecule has 12 heteroatoms. The normalized spacial score (nSPS) is 11.7. The van der Waals surface area contributed by atoms with Crippen molar-refractivity contribution in [2.24, 2.45) is 5.92 Å². The first kappa shape index (κ1) is 43.4. The summed E-state index contributed by atoms with van der Waals surface area (Å²) in [5.41, 5.74) is 8.05. The molecule has 63 heavy (non-hydrogen) atoms. The Balaban J connectivity index is 1.37. The highest BCUT2D eigenvalue weighted by Gasteiger charge is 2.29. The van der Waals surface area contributed by atoms with Crippen LogP contribution in [0, 0.1) is 19.8 Å². The van der Waals surface area contributed by atoms with E-state index in [-0.39, 0.29) is 46.3 Å². The third-order valence-electron chi connectivity index (χ3n) is 10.9. The van der Waals surface area contributed by atoms with Gasteiger partial charge in [0.2, 0.25) is 5.43 Å². The summed E-state index contributed by atoms with van der Waals surface area (Å²) in [6.45, 7) is 9.49. The largest absolute Gasteiger partial charge is 0.506 e. The summed E-state index contributed by atoms with van der Waals surface area (Å²) in [6, 6.07) is 33.9. The van der Waals surface area contributed by atoms with Gasteiger partial charge in [-0.1, -0.05) is 79.5 Å². The Hall–Kier alpha value is -6.30. The maximum absolute atomic E-state index is 14.5. The highest BCUT2D eigenvalue weighted by atomic mass is 35.5. The van der Waals surface area contributed by atoms with Gasteiger partial charge in [0, 0.05) is 91.0 Å². The quantitative estimate of drug-likeness (QED) is 0.0786. The van der Waals surface area contributed by atoms with Crippen LogP contribution in [0.3, 0.4) is 0 Å². The molecule has 0 fully saturated rings. The molecule has 10 nitrogen and oxygen atoms in total. The molecule has 0 bridgehead atoms. The van der Waals surface area contributed by atoms with Gasteiger partial charge in [0.1, 0.15) is 17.1 Å². The van der Waals surface area contributed by atoms with Gasteiger partial charge in [-0.3, -0.25) is 39.3 Å². The molecule has 0 saturated carbocycles. The first-order valence-corrected chi connectivity index (χ1v) is 21.5. The molecule has 318 valence electrons. The van der Waals surface area contributed by atoms with Crippen molar-refractivity contribution in [3.05, 3.63) is 193 Å². The molecule has 5 heterocycles. The summed E-state index contributed by atoms with van der Waals surface area (Å²) in [5.74, 6) is -0.143. The van der Waals surface area contributed by atoms with Crippen molar-refractivity contribution < 1.29 is 14.3 Å². The SMILES string of the molecule is Cc1cccc(CN(Cc2ccccn2)Cc2c3oc4c(CN(Cc5ccccn5)Cc5cccc(C)n5)c(O)c(Cl)cc4c(-c4cccc(C(=O)C(C)C)c4)c-3cc(Cl)c2=O)n1. The molecule has 6 aromatic rings. The highest BCUT2D eigenvalue weighted by molar-refractivity contribution is 6.33.